The van der Waals surface area contributed by atoms with E-state index in [0.717, 1.165) is 12.0 Å². The standard InChI is InChI=1S/C20H30FN3O2S/c1-6-16-17(25)24(18(27-16)14-9-7-10-15(21)13-14)12-8-11-23(5)19(26)22-20(2,3)4/h7,9-10,13,16,18H,6,8,11-12H2,1-5H3,(H,22,26). The van der Waals surface area contributed by atoms with Crippen molar-refractivity contribution in [2.45, 2.75) is 56.7 Å². The summed E-state index contributed by atoms with van der Waals surface area (Å²) in [5.41, 5.74) is 0.520. The van der Waals surface area contributed by atoms with Crippen LogP contribution in [0.15, 0.2) is 24.3 Å². The highest BCUT2D eigenvalue weighted by Gasteiger charge is 2.39. The minimum atomic E-state index is -0.293. The topological polar surface area (TPSA) is 52.6 Å². The lowest BCUT2D eigenvalue weighted by atomic mass is 10.1. The first-order valence-electron chi connectivity index (χ1n) is 9.37. The molecule has 0 bridgehead atoms. The molecule has 27 heavy (non-hydrogen) atoms. The highest BCUT2D eigenvalue weighted by Crippen LogP contribution is 2.44. The van der Waals surface area contributed by atoms with Crippen molar-refractivity contribution < 1.29 is 14.0 Å². The normalized spacial score (nSPS) is 20.1. The summed E-state index contributed by atoms with van der Waals surface area (Å²) in [5.74, 6) is -0.197. The Morgan fingerprint density at radius 3 is 2.67 bits per heavy atom. The van der Waals surface area contributed by atoms with Crippen LogP contribution >= 0.6 is 11.8 Å². The van der Waals surface area contributed by atoms with E-state index in [2.05, 4.69) is 5.32 Å². The zero-order chi connectivity index (χ0) is 20.2. The lowest BCUT2D eigenvalue weighted by Crippen LogP contribution is -2.47. The van der Waals surface area contributed by atoms with Gasteiger partial charge < -0.3 is 15.1 Å². The summed E-state index contributed by atoms with van der Waals surface area (Å²) in [5, 5.41) is 2.65. The van der Waals surface area contributed by atoms with Gasteiger partial charge in [-0.2, -0.15) is 0 Å². The summed E-state index contributed by atoms with van der Waals surface area (Å²) in [6.07, 6.45) is 1.42. The fourth-order valence-corrected chi connectivity index (χ4v) is 4.42. The van der Waals surface area contributed by atoms with Gasteiger partial charge >= 0.3 is 6.03 Å². The predicted octanol–water partition coefficient (Wildman–Crippen LogP) is 4.01. The van der Waals surface area contributed by atoms with Crippen LogP contribution in [0, 0.1) is 5.82 Å². The molecule has 1 heterocycles. The third-order valence-corrected chi connectivity index (χ3v) is 6.01. The van der Waals surface area contributed by atoms with E-state index in [1.165, 1.54) is 12.1 Å². The van der Waals surface area contributed by atoms with E-state index < -0.39 is 0 Å². The van der Waals surface area contributed by atoms with Crippen LogP contribution in [0.4, 0.5) is 9.18 Å². The molecule has 150 valence electrons. The van der Waals surface area contributed by atoms with E-state index in [1.807, 2.05) is 38.7 Å². The van der Waals surface area contributed by atoms with Crippen LogP contribution in [-0.2, 0) is 4.79 Å². The Hall–Kier alpha value is -1.76. The second-order valence-corrected chi connectivity index (χ2v) is 9.21. The molecule has 2 rings (SSSR count). The monoisotopic (exact) mass is 395 g/mol. The van der Waals surface area contributed by atoms with Gasteiger partial charge in [-0.25, -0.2) is 9.18 Å². The summed E-state index contributed by atoms with van der Waals surface area (Å²) < 4.78 is 13.6. The van der Waals surface area contributed by atoms with Crippen molar-refractivity contribution in [1.29, 1.82) is 0 Å². The maximum absolute atomic E-state index is 13.6. The van der Waals surface area contributed by atoms with Gasteiger partial charge in [-0.1, -0.05) is 19.1 Å². The van der Waals surface area contributed by atoms with E-state index in [0.29, 0.717) is 19.5 Å². The molecule has 1 aliphatic heterocycles. The molecule has 7 heteroatoms. The first-order chi connectivity index (χ1) is 12.6. The van der Waals surface area contributed by atoms with Gasteiger partial charge in [-0.3, -0.25) is 4.79 Å². The van der Waals surface area contributed by atoms with Crippen LogP contribution < -0.4 is 5.32 Å². The number of hydrogen-bond acceptors (Lipinski definition) is 3. The molecule has 3 amide bonds. The van der Waals surface area contributed by atoms with Gasteiger partial charge in [0.25, 0.3) is 0 Å². The van der Waals surface area contributed by atoms with Gasteiger partial charge in [0.2, 0.25) is 5.91 Å². The number of urea groups is 1. The molecule has 1 saturated heterocycles. The Balaban J connectivity index is 1.99. The number of nitrogens with one attached hydrogen (secondary N) is 1. The SMILES string of the molecule is CCC1SC(c2cccc(F)c2)N(CCCN(C)C(=O)NC(C)(C)C)C1=O. The van der Waals surface area contributed by atoms with E-state index >= 15 is 0 Å². The lowest BCUT2D eigenvalue weighted by Gasteiger charge is -2.27. The van der Waals surface area contributed by atoms with Crippen LogP contribution in [-0.4, -0.2) is 52.7 Å². The number of nitrogens with zero attached hydrogens (tertiary/aromatic N) is 2. The highest BCUT2D eigenvalue weighted by molar-refractivity contribution is 8.01. The third-order valence-electron chi connectivity index (χ3n) is 4.36. The Kier molecular flexibility index (Phi) is 7.14. The Morgan fingerprint density at radius 1 is 1.37 bits per heavy atom. The van der Waals surface area contributed by atoms with Crippen molar-refractivity contribution in [3.05, 3.63) is 35.6 Å². The van der Waals surface area contributed by atoms with Gasteiger partial charge in [0, 0.05) is 25.7 Å². The van der Waals surface area contributed by atoms with Gasteiger partial charge in [0.05, 0.1) is 5.25 Å². The Labute approximate surface area is 165 Å². The van der Waals surface area contributed by atoms with Crippen LogP contribution in [0.3, 0.4) is 0 Å². The zero-order valence-corrected chi connectivity index (χ0v) is 17.6. The quantitative estimate of drug-likeness (QED) is 0.792. The fourth-order valence-electron chi connectivity index (χ4n) is 3.00. The van der Waals surface area contributed by atoms with Crippen molar-refractivity contribution in [3.63, 3.8) is 0 Å². The molecule has 2 unspecified atom stereocenters. The molecule has 2 atom stereocenters. The Morgan fingerprint density at radius 2 is 2.07 bits per heavy atom. The minimum Gasteiger partial charge on any atom is -0.333 e. The maximum Gasteiger partial charge on any atom is 0.317 e. The summed E-state index contributed by atoms with van der Waals surface area (Å²) in [7, 11) is 1.75. The summed E-state index contributed by atoms with van der Waals surface area (Å²) in [6, 6.07) is 6.33. The molecule has 0 spiro atoms. The smallest absolute Gasteiger partial charge is 0.317 e. The summed E-state index contributed by atoms with van der Waals surface area (Å²) >= 11 is 1.58. The summed E-state index contributed by atoms with van der Waals surface area (Å²) in [4.78, 5) is 28.3. The third kappa shape index (κ3) is 5.86. The average Bonchev–Trinajstić information content (AvgIpc) is 2.89. The van der Waals surface area contributed by atoms with Crippen molar-refractivity contribution in [2.75, 3.05) is 20.1 Å². The number of hydrogen-bond donors (Lipinski definition) is 1. The van der Waals surface area contributed by atoms with Crippen LogP contribution in [0.25, 0.3) is 0 Å². The number of amides is 3. The van der Waals surface area contributed by atoms with E-state index in [1.54, 1.807) is 29.8 Å². The second kappa shape index (κ2) is 8.95. The average molecular weight is 396 g/mol. The van der Waals surface area contributed by atoms with E-state index in [-0.39, 0.29) is 33.9 Å². The molecular formula is C20H30FN3O2S. The van der Waals surface area contributed by atoms with Crippen molar-refractivity contribution in [3.8, 4) is 0 Å². The molecule has 1 aromatic carbocycles. The Bertz CT molecular complexity index is 677. The van der Waals surface area contributed by atoms with Crippen molar-refractivity contribution in [1.82, 2.24) is 15.1 Å². The fraction of sp³-hybridized carbons (Fsp3) is 0.600. The van der Waals surface area contributed by atoms with Gasteiger partial charge in [0.15, 0.2) is 0 Å². The van der Waals surface area contributed by atoms with E-state index in [9.17, 15) is 14.0 Å². The van der Waals surface area contributed by atoms with Crippen LogP contribution in [0.1, 0.15) is 51.5 Å². The molecule has 1 aliphatic rings. The highest BCUT2D eigenvalue weighted by atomic mass is 32.2. The molecule has 5 nitrogen and oxygen atoms in total. The number of thioether (sulfide) groups is 1. The predicted molar refractivity (Wildman–Crippen MR) is 108 cm³/mol. The first-order valence-corrected chi connectivity index (χ1v) is 10.3. The minimum absolute atomic E-state index is 0.0959. The van der Waals surface area contributed by atoms with Crippen LogP contribution in [0.2, 0.25) is 0 Å². The molecule has 0 saturated carbocycles. The molecular weight excluding hydrogens is 365 g/mol. The summed E-state index contributed by atoms with van der Waals surface area (Å²) in [6.45, 7) is 8.89. The first kappa shape index (κ1) is 21.5. The molecule has 1 fully saturated rings. The van der Waals surface area contributed by atoms with Gasteiger partial charge in [-0.05, 0) is 51.3 Å². The number of carbonyl (C=O) groups excluding carboxylic acids is 2. The largest absolute Gasteiger partial charge is 0.333 e. The van der Waals surface area contributed by atoms with Crippen molar-refractivity contribution in [2.24, 2.45) is 0 Å². The second-order valence-electron chi connectivity index (χ2n) is 7.93. The number of halogens is 1. The van der Waals surface area contributed by atoms with Crippen LogP contribution in [0.5, 0.6) is 0 Å². The van der Waals surface area contributed by atoms with Gasteiger partial charge in [-0.15, -0.1) is 11.8 Å². The molecule has 0 aliphatic carbocycles. The van der Waals surface area contributed by atoms with E-state index in [4.69, 9.17) is 0 Å². The number of benzene rings is 1. The molecule has 1 N–H and O–H groups in total. The maximum atomic E-state index is 13.6. The number of carbonyl (C=O) groups is 2. The number of rotatable bonds is 6. The zero-order valence-electron chi connectivity index (χ0n) is 16.8. The molecule has 0 aromatic heterocycles. The van der Waals surface area contributed by atoms with Crippen molar-refractivity contribution >= 4 is 23.7 Å². The lowest BCUT2D eigenvalue weighted by molar-refractivity contribution is -0.130. The molecule has 1 aromatic rings. The van der Waals surface area contributed by atoms with Gasteiger partial charge in [0.1, 0.15) is 11.2 Å². The molecule has 0 radical (unpaired) electrons.